The Morgan fingerprint density at radius 3 is 2.72 bits per heavy atom. The smallest absolute Gasteiger partial charge is 0.162 e. The summed E-state index contributed by atoms with van der Waals surface area (Å²) in [5.41, 5.74) is 7.75. The Morgan fingerprint density at radius 1 is 1.44 bits per heavy atom. The lowest BCUT2D eigenvalue weighted by Crippen LogP contribution is -2.11. The van der Waals surface area contributed by atoms with Gasteiger partial charge in [-0.25, -0.2) is 0 Å². The van der Waals surface area contributed by atoms with Gasteiger partial charge in [0, 0.05) is 10.0 Å². The van der Waals surface area contributed by atoms with Gasteiger partial charge < -0.3 is 15.6 Å². The molecule has 2 rings (SSSR count). The number of phenolic OH excluding ortho intramolecular Hbond substituents is 1. The fourth-order valence-corrected chi connectivity index (χ4v) is 2.77. The van der Waals surface area contributed by atoms with Crippen LogP contribution in [-0.2, 0) is 0 Å². The van der Waals surface area contributed by atoms with Crippen LogP contribution in [0.25, 0.3) is 0 Å². The molecule has 1 heterocycles. The van der Waals surface area contributed by atoms with E-state index in [-0.39, 0.29) is 24.2 Å². The second kappa shape index (κ2) is 6.43. The topological polar surface area (TPSA) is 55.5 Å². The predicted molar refractivity (Wildman–Crippen MR) is 80.0 cm³/mol. The Morgan fingerprint density at radius 2 is 2.17 bits per heavy atom. The first kappa shape index (κ1) is 15.3. The molecule has 0 saturated carbocycles. The first-order valence-electron chi connectivity index (χ1n) is 4.97. The monoisotopic (exact) mass is 349 g/mol. The van der Waals surface area contributed by atoms with Crippen molar-refractivity contribution in [1.82, 2.24) is 0 Å². The molecular formula is C12H13BrClNO2S. The van der Waals surface area contributed by atoms with E-state index in [1.54, 1.807) is 23.5 Å². The largest absolute Gasteiger partial charge is 0.504 e. The van der Waals surface area contributed by atoms with Crippen molar-refractivity contribution in [2.75, 3.05) is 7.11 Å². The van der Waals surface area contributed by atoms with Crippen molar-refractivity contribution < 1.29 is 9.84 Å². The fourth-order valence-electron chi connectivity index (χ4n) is 1.62. The zero-order valence-electron chi connectivity index (χ0n) is 9.59. The third-order valence-corrected chi connectivity index (χ3v) is 3.69. The molecule has 0 radical (unpaired) electrons. The molecule has 0 amide bonds. The Hall–Kier alpha value is -0.750. The average Bonchev–Trinajstić information content (AvgIpc) is 2.84. The highest BCUT2D eigenvalue weighted by atomic mass is 79.9. The molecule has 18 heavy (non-hydrogen) atoms. The van der Waals surface area contributed by atoms with Crippen molar-refractivity contribution in [2.24, 2.45) is 5.73 Å². The number of halogens is 2. The number of phenols is 1. The lowest BCUT2D eigenvalue weighted by atomic mass is 10.0. The van der Waals surface area contributed by atoms with Crippen molar-refractivity contribution in [3.05, 3.63) is 44.6 Å². The maximum absolute atomic E-state index is 10.1. The van der Waals surface area contributed by atoms with Gasteiger partial charge in [-0.15, -0.1) is 12.4 Å². The van der Waals surface area contributed by atoms with Gasteiger partial charge in [0.05, 0.1) is 13.2 Å². The Labute approximate surface area is 124 Å². The Kier molecular flexibility index (Phi) is 5.47. The predicted octanol–water partition coefficient (Wildman–Crippen LogP) is 3.69. The van der Waals surface area contributed by atoms with Gasteiger partial charge in [0.1, 0.15) is 0 Å². The summed E-state index contributed by atoms with van der Waals surface area (Å²) >= 11 is 4.95. The minimum Gasteiger partial charge on any atom is -0.504 e. The first-order valence-corrected chi connectivity index (χ1v) is 6.71. The third-order valence-electron chi connectivity index (χ3n) is 2.53. The van der Waals surface area contributed by atoms with E-state index < -0.39 is 0 Å². The summed E-state index contributed by atoms with van der Waals surface area (Å²) in [5.74, 6) is 0.509. The van der Waals surface area contributed by atoms with E-state index >= 15 is 0 Å². The highest BCUT2D eigenvalue weighted by molar-refractivity contribution is 9.10. The molecule has 0 fully saturated rings. The van der Waals surface area contributed by atoms with Crippen LogP contribution in [0.3, 0.4) is 0 Å². The van der Waals surface area contributed by atoms with Gasteiger partial charge in [0.15, 0.2) is 11.5 Å². The highest BCUT2D eigenvalue weighted by Gasteiger charge is 2.17. The summed E-state index contributed by atoms with van der Waals surface area (Å²) in [4.78, 5) is 0. The molecule has 1 atom stereocenters. The van der Waals surface area contributed by atoms with Crippen LogP contribution in [0, 0.1) is 0 Å². The number of aromatic hydroxyl groups is 1. The third kappa shape index (κ3) is 2.98. The highest BCUT2D eigenvalue weighted by Crippen LogP contribution is 2.38. The molecule has 3 N–H and O–H groups in total. The molecule has 0 saturated heterocycles. The van der Waals surface area contributed by atoms with E-state index in [2.05, 4.69) is 15.9 Å². The van der Waals surface area contributed by atoms with Crippen molar-refractivity contribution >= 4 is 39.7 Å². The standard InChI is InChI=1S/C12H12BrNO2S.ClH/c1-16-10-5-8(13)4-9(12(10)15)11(14)7-2-3-17-6-7;/h2-6,11,15H,14H2,1H3;1H/t11-;/m1./s1. The molecule has 0 unspecified atom stereocenters. The molecule has 1 aromatic carbocycles. The van der Waals surface area contributed by atoms with E-state index in [1.807, 2.05) is 16.8 Å². The Bertz CT molecular complexity index is 519. The number of ether oxygens (including phenoxy) is 1. The number of rotatable bonds is 3. The number of hydrogen-bond acceptors (Lipinski definition) is 4. The number of nitrogens with two attached hydrogens (primary N) is 1. The van der Waals surface area contributed by atoms with E-state index in [9.17, 15) is 5.11 Å². The quantitative estimate of drug-likeness (QED) is 0.887. The van der Waals surface area contributed by atoms with Gasteiger partial charge in [-0.05, 0) is 34.5 Å². The van der Waals surface area contributed by atoms with E-state index in [1.165, 1.54) is 7.11 Å². The number of benzene rings is 1. The first-order chi connectivity index (χ1) is 8.13. The molecular weight excluding hydrogens is 338 g/mol. The van der Waals surface area contributed by atoms with Crippen LogP contribution in [0.5, 0.6) is 11.5 Å². The maximum atomic E-state index is 10.1. The van der Waals surface area contributed by atoms with Crippen LogP contribution in [0.2, 0.25) is 0 Å². The van der Waals surface area contributed by atoms with Gasteiger partial charge >= 0.3 is 0 Å². The van der Waals surface area contributed by atoms with Crippen molar-refractivity contribution in [3.63, 3.8) is 0 Å². The van der Waals surface area contributed by atoms with Crippen LogP contribution in [-0.4, -0.2) is 12.2 Å². The molecule has 1 aromatic heterocycles. The second-order valence-corrected chi connectivity index (χ2v) is 5.28. The number of thiophene rings is 1. The summed E-state index contributed by atoms with van der Waals surface area (Å²) < 4.78 is 5.93. The van der Waals surface area contributed by atoms with Crippen molar-refractivity contribution in [3.8, 4) is 11.5 Å². The maximum Gasteiger partial charge on any atom is 0.162 e. The second-order valence-electron chi connectivity index (χ2n) is 3.58. The molecule has 6 heteroatoms. The van der Waals surface area contributed by atoms with Crippen LogP contribution in [0.4, 0.5) is 0 Å². The minimum atomic E-state index is -0.354. The minimum absolute atomic E-state index is 0. The van der Waals surface area contributed by atoms with Crippen LogP contribution < -0.4 is 10.5 Å². The lowest BCUT2D eigenvalue weighted by molar-refractivity contribution is 0.369. The zero-order valence-corrected chi connectivity index (χ0v) is 12.8. The molecule has 98 valence electrons. The van der Waals surface area contributed by atoms with Crippen molar-refractivity contribution in [1.29, 1.82) is 0 Å². The molecule has 0 spiro atoms. The van der Waals surface area contributed by atoms with Crippen molar-refractivity contribution in [2.45, 2.75) is 6.04 Å². The van der Waals surface area contributed by atoms with E-state index in [0.717, 1.165) is 10.0 Å². The average molecular weight is 351 g/mol. The summed E-state index contributed by atoms with van der Waals surface area (Å²) in [5, 5.41) is 14.0. The summed E-state index contributed by atoms with van der Waals surface area (Å²) in [6.45, 7) is 0. The van der Waals surface area contributed by atoms with Crippen LogP contribution >= 0.6 is 39.7 Å². The van der Waals surface area contributed by atoms with Gasteiger partial charge in [-0.3, -0.25) is 0 Å². The molecule has 3 nitrogen and oxygen atoms in total. The normalized spacial score (nSPS) is 11.7. The van der Waals surface area contributed by atoms with Gasteiger partial charge in [0.25, 0.3) is 0 Å². The zero-order chi connectivity index (χ0) is 12.4. The number of hydrogen-bond donors (Lipinski definition) is 2. The lowest BCUT2D eigenvalue weighted by Gasteiger charge is -2.15. The summed E-state index contributed by atoms with van der Waals surface area (Å²) in [6, 6.07) is 5.11. The summed E-state index contributed by atoms with van der Waals surface area (Å²) in [7, 11) is 1.52. The van der Waals surface area contributed by atoms with E-state index in [4.69, 9.17) is 10.5 Å². The van der Waals surface area contributed by atoms with E-state index in [0.29, 0.717) is 11.3 Å². The van der Waals surface area contributed by atoms with Crippen LogP contribution in [0.15, 0.2) is 33.4 Å². The van der Waals surface area contributed by atoms with Crippen LogP contribution in [0.1, 0.15) is 17.2 Å². The van der Waals surface area contributed by atoms with Gasteiger partial charge in [0.2, 0.25) is 0 Å². The fraction of sp³-hybridized carbons (Fsp3) is 0.167. The SMILES string of the molecule is COc1cc(Br)cc([C@H](N)c2ccsc2)c1O.Cl. The van der Waals surface area contributed by atoms with Gasteiger partial charge in [-0.1, -0.05) is 15.9 Å². The molecule has 0 aliphatic heterocycles. The molecule has 0 bridgehead atoms. The van der Waals surface area contributed by atoms with Gasteiger partial charge in [-0.2, -0.15) is 11.3 Å². The molecule has 0 aliphatic rings. The molecule has 2 aromatic rings. The number of methoxy groups -OCH3 is 1. The summed E-state index contributed by atoms with van der Waals surface area (Å²) in [6.07, 6.45) is 0. The Balaban J connectivity index is 0.00000162. The molecule has 0 aliphatic carbocycles.